The van der Waals surface area contributed by atoms with E-state index in [0.29, 0.717) is 6.42 Å². The maximum absolute atomic E-state index is 12.8. The van der Waals surface area contributed by atoms with Crippen LogP contribution in [0.5, 0.6) is 0 Å². The van der Waals surface area contributed by atoms with Crippen molar-refractivity contribution in [2.75, 3.05) is 13.7 Å². The molecule has 2 atom stereocenters. The quantitative estimate of drug-likeness (QED) is 0.383. The molecule has 0 unspecified atom stereocenters. The van der Waals surface area contributed by atoms with Gasteiger partial charge in [0.25, 0.3) is 0 Å². The van der Waals surface area contributed by atoms with Gasteiger partial charge < -0.3 is 24.8 Å². The van der Waals surface area contributed by atoms with Crippen LogP contribution in [0.4, 0.5) is 4.79 Å². The summed E-state index contributed by atoms with van der Waals surface area (Å²) >= 11 is 0. The molecule has 0 saturated heterocycles. The molecule has 0 radical (unpaired) electrons. The van der Waals surface area contributed by atoms with Gasteiger partial charge in [-0.3, -0.25) is 4.79 Å². The molecule has 0 aliphatic rings. The number of hydrogen-bond acceptors (Lipinski definition) is 7. The monoisotopic (exact) mass is 470 g/mol. The minimum absolute atomic E-state index is 0.0817. The van der Waals surface area contributed by atoms with Crippen LogP contribution < -0.4 is 10.6 Å². The molecule has 2 aromatic rings. The van der Waals surface area contributed by atoms with Crippen LogP contribution in [0.15, 0.2) is 60.7 Å². The van der Waals surface area contributed by atoms with E-state index in [1.807, 2.05) is 60.7 Å². The molecule has 0 bridgehead atoms. The van der Waals surface area contributed by atoms with Crippen molar-refractivity contribution in [3.63, 3.8) is 0 Å². The first-order valence-corrected chi connectivity index (χ1v) is 11.2. The van der Waals surface area contributed by atoms with Crippen LogP contribution in [0.3, 0.4) is 0 Å². The molecule has 0 heterocycles. The molecular formula is C26H34N2O6. The summed E-state index contributed by atoms with van der Waals surface area (Å²) in [7, 11) is 1.33. The summed E-state index contributed by atoms with van der Waals surface area (Å²) in [5.74, 6) is -0.999. The molecule has 0 saturated carbocycles. The number of carbonyl (C=O) groups excluding carboxylic acids is 3. The van der Waals surface area contributed by atoms with Crippen LogP contribution >= 0.6 is 0 Å². The molecular weight excluding hydrogens is 436 g/mol. The molecule has 0 aliphatic heterocycles. The smallest absolute Gasteiger partial charge is 0.408 e. The Hall–Kier alpha value is -3.39. The fourth-order valence-corrected chi connectivity index (χ4v) is 3.16. The largest absolute Gasteiger partial charge is 0.468 e. The number of hydrogen-bond donors (Lipinski definition) is 2. The highest BCUT2D eigenvalue weighted by molar-refractivity contribution is 5.81. The Balaban J connectivity index is 2.00. The third-order valence-corrected chi connectivity index (χ3v) is 4.79. The maximum Gasteiger partial charge on any atom is 0.408 e. The zero-order valence-electron chi connectivity index (χ0n) is 20.2. The van der Waals surface area contributed by atoms with Crippen LogP contribution in [0.2, 0.25) is 0 Å². The van der Waals surface area contributed by atoms with Gasteiger partial charge in [-0.25, -0.2) is 9.59 Å². The molecule has 0 aliphatic carbocycles. The minimum atomic E-state index is -0.957. The fourth-order valence-electron chi connectivity index (χ4n) is 3.16. The lowest BCUT2D eigenvalue weighted by Crippen LogP contribution is -2.47. The second-order valence-corrected chi connectivity index (χ2v) is 8.80. The van der Waals surface area contributed by atoms with Gasteiger partial charge in [0, 0.05) is 0 Å². The number of amides is 1. The lowest BCUT2D eigenvalue weighted by molar-refractivity contribution is -0.147. The predicted molar refractivity (Wildman–Crippen MR) is 128 cm³/mol. The van der Waals surface area contributed by atoms with E-state index in [9.17, 15) is 14.4 Å². The van der Waals surface area contributed by atoms with Gasteiger partial charge in [0.1, 0.15) is 24.3 Å². The minimum Gasteiger partial charge on any atom is -0.468 e. The average Bonchev–Trinajstić information content (AvgIpc) is 2.80. The van der Waals surface area contributed by atoms with E-state index in [-0.39, 0.29) is 19.6 Å². The molecule has 2 aromatic carbocycles. The van der Waals surface area contributed by atoms with Gasteiger partial charge in [-0.15, -0.1) is 0 Å². The summed E-state index contributed by atoms with van der Waals surface area (Å²) < 4.78 is 15.6. The van der Waals surface area contributed by atoms with Crippen LogP contribution in [-0.2, 0) is 36.8 Å². The van der Waals surface area contributed by atoms with Crippen molar-refractivity contribution in [2.45, 2.75) is 57.9 Å². The number of methoxy groups -OCH3 is 1. The SMILES string of the molecule is COC(=O)[C@H](Cc1ccccc1)NCC[C@H](NC(=O)OC(C)(C)C)C(=O)OCc1ccccc1. The summed E-state index contributed by atoms with van der Waals surface area (Å²) in [6.07, 6.45) is -0.103. The van der Waals surface area contributed by atoms with Crippen molar-refractivity contribution in [1.82, 2.24) is 10.6 Å². The number of nitrogens with one attached hydrogen (secondary N) is 2. The second kappa shape index (κ2) is 13.3. The van der Waals surface area contributed by atoms with E-state index < -0.39 is 35.7 Å². The van der Waals surface area contributed by atoms with Crippen molar-refractivity contribution < 1.29 is 28.6 Å². The highest BCUT2D eigenvalue weighted by Gasteiger charge is 2.27. The summed E-state index contributed by atoms with van der Waals surface area (Å²) in [6, 6.07) is 17.2. The molecule has 2 N–H and O–H groups in total. The van der Waals surface area contributed by atoms with Crippen LogP contribution in [0, 0.1) is 0 Å². The van der Waals surface area contributed by atoms with Crippen LogP contribution in [-0.4, -0.2) is 49.4 Å². The van der Waals surface area contributed by atoms with E-state index in [2.05, 4.69) is 10.6 Å². The van der Waals surface area contributed by atoms with Gasteiger partial charge in [-0.05, 0) is 51.3 Å². The first-order valence-electron chi connectivity index (χ1n) is 11.2. The normalized spacial score (nSPS) is 12.8. The van der Waals surface area contributed by atoms with Gasteiger partial charge in [0.2, 0.25) is 0 Å². The van der Waals surface area contributed by atoms with Crippen molar-refractivity contribution in [3.05, 3.63) is 71.8 Å². The van der Waals surface area contributed by atoms with Crippen LogP contribution in [0.1, 0.15) is 38.3 Å². The number of rotatable bonds is 11. The van der Waals surface area contributed by atoms with Crippen molar-refractivity contribution in [1.29, 1.82) is 0 Å². The van der Waals surface area contributed by atoms with Crippen LogP contribution in [0.25, 0.3) is 0 Å². The Bertz CT molecular complexity index is 912. The summed E-state index contributed by atoms with van der Waals surface area (Å²) in [5, 5.41) is 5.71. The lowest BCUT2D eigenvalue weighted by Gasteiger charge is -2.23. The van der Waals surface area contributed by atoms with Gasteiger partial charge >= 0.3 is 18.0 Å². The van der Waals surface area contributed by atoms with Gasteiger partial charge in [-0.2, -0.15) is 0 Å². The molecule has 8 heteroatoms. The third-order valence-electron chi connectivity index (χ3n) is 4.79. The number of alkyl carbamates (subject to hydrolysis) is 1. The molecule has 0 aromatic heterocycles. The van der Waals surface area contributed by atoms with Crippen molar-refractivity contribution in [2.24, 2.45) is 0 Å². The highest BCUT2D eigenvalue weighted by Crippen LogP contribution is 2.09. The number of esters is 2. The predicted octanol–water partition coefficient (Wildman–Crippen LogP) is 3.39. The summed E-state index contributed by atoms with van der Waals surface area (Å²) in [5.41, 5.74) is 1.08. The van der Waals surface area contributed by atoms with E-state index >= 15 is 0 Å². The Labute approximate surface area is 201 Å². The van der Waals surface area contributed by atoms with E-state index in [1.165, 1.54) is 7.11 Å². The number of carbonyl (C=O) groups is 3. The first kappa shape index (κ1) is 26.9. The van der Waals surface area contributed by atoms with Gasteiger partial charge in [-0.1, -0.05) is 60.7 Å². The van der Waals surface area contributed by atoms with Gasteiger partial charge in [0.05, 0.1) is 7.11 Å². The zero-order valence-corrected chi connectivity index (χ0v) is 20.2. The number of benzene rings is 2. The topological polar surface area (TPSA) is 103 Å². The van der Waals surface area contributed by atoms with E-state index in [4.69, 9.17) is 14.2 Å². The van der Waals surface area contributed by atoms with Crippen molar-refractivity contribution in [3.8, 4) is 0 Å². The molecule has 184 valence electrons. The highest BCUT2D eigenvalue weighted by atomic mass is 16.6. The van der Waals surface area contributed by atoms with Gasteiger partial charge in [0.15, 0.2) is 0 Å². The van der Waals surface area contributed by atoms with Crippen molar-refractivity contribution >= 4 is 18.0 Å². The molecule has 8 nitrogen and oxygen atoms in total. The maximum atomic E-state index is 12.8. The first-order chi connectivity index (χ1) is 16.2. The molecule has 34 heavy (non-hydrogen) atoms. The zero-order chi connectivity index (χ0) is 25.0. The Kier molecular flexibility index (Phi) is 10.5. The number of ether oxygens (including phenoxy) is 3. The Morgan fingerprint density at radius 2 is 1.44 bits per heavy atom. The summed E-state index contributed by atoms with van der Waals surface area (Å²) in [4.78, 5) is 37.3. The lowest BCUT2D eigenvalue weighted by atomic mass is 10.1. The third kappa shape index (κ3) is 10.0. The Morgan fingerprint density at radius 1 is 0.853 bits per heavy atom. The fraction of sp³-hybridized carbons (Fsp3) is 0.423. The molecule has 0 spiro atoms. The van der Waals surface area contributed by atoms with E-state index in [1.54, 1.807) is 20.8 Å². The van der Waals surface area contributed by atoms with E-state index in [0.717, 1.165) is 11.1 Å². The Morgan fingerprint density at radius 3 is 2.00 bits per heavy atom. The second-order valence-electron chi connectivity index (χ2n) is 8.80. The standard InChI is InChI=1S/C26H34N2O6/c1-26(2,3)34-25(31)28-21(24(30)33-18-20-13-9-6-10-14-20)15-16-27-22(23(29)32-4)17-19-11-7-5-8-12-19/h5-14,21-22,27H,15-18H2,1-4H3,(H,28,31)/t21-,22-/m0/s1. The molecule has 1 amide bonds. The summed E-state index contributed by atoms with van der Waals surface area (Å²) in [6.45, 7) is 5.55. The molecule has 2 rings (SSSR count). The average molecular weight is 471 g/mol. The molecule has 0 fully saturated rings.